The predicted octanol–water partition coefficient (Wildman–Crippen LogP) is 1.96. The highest BCUT2D eigenvalue weighted by atomic mass is 16.5. The van der Waals surface area contributed by atoms with E-state index in [9.17, 15) is 5.11 Å². The van der Waals surface area contributed by atoms with Crippen LogP contribution in [0.1, 0.15) is 18.4 Å². The first-order valence-electron chi connectivity index (χ1n) is 8.32. The maximum absolute atomic E-state index is 9.30. The highest BCUT2D eigenvalue weighted by Crippen LogP contribution is 2.31. The Labute approximate surface area is 142 Å². The van der Waals surface area contributed by atoms with E-state index >= 15 is 0 Å². The van der Waals surface area contributed by atoms with Crippen molar-refractivity contribution in [3.8, 4) is 17.0 Å². The summed E-state index contributed by atoms with van der Waals surface area (Å²) in [6.07, 6.45) is 3.63. The van der Waals surface area contributed by atoms with Gasteiger partial charge in [-0.2, -0.15) is 5.10 Å². The number of nitrogens with zero attached hydrogens (tertiary/aromatic N) is 1. The molecule has 0 spiro atoms. The Kier molecular flexibility index (Phi) is 5.50. The molecule has 6 nitrogen and oxygen atoms in total. The van der Waals surface area contributed by atoms with Gasteiger partial charge in [0.1, 0.15) is 5.75 Å². The molecule has 3 N–H and O–H groups in total. The Hall–Kier alpha value is -1.89. The number of nitrogens with one attached hydrogen (secondary N) is 2. The molecule has 1 aliphatic heterocycles. The largest absolute Gasteiger partial charge is 0.497 e. The Bertz CT molecular complexity index is 633. The van der Waals surface area contributed by atoms with Gasteiger partial charge in [0.15, 0.2) is 0 Å². The van der Waals surface area contributed by atoms with E-state index in [0.717, 1.165) is 61.7 Å². The van der Waals surface area contributed by atoms with Crippen LogP contribution in [-0.2, 0) is 11.3 Å². The number of hydrogen-bond acceptors (Lipinski definition) is 5. The van der Waals surface area contributed by atoms with Crippen LogP contribution in [0.4, 0.5) is 0 Å². The number of H-pyrrole nitrogens is 1. The summed E-state index contributed by atoms with van der Waals surface area (Å²) in [7, 11) is 1.66. The van der Waals surface area contributed by atoms with Crippen molar-refractivity contribution >= 4 is 0 Å². The first-order chi connectivity index (χ1) is 11.8. The van der Waals surface area contributed by atoms with Crippen LogP contribution in [0.25, 0.3) is 11.3 Å². The molecule has 1 aromatic heterocycles. The van der Waals surface area contributed by atoms with Crippen LogP contribution in [0.2, 0.25) is 0 Å². The SMILES string of the molecule is COc1ccc(-c2[nH]ncc2CNCC2(CCO)CCOC2)cc1. The third-order valence-electron chi connectivity index (χ3n) is 4.74. The van der Waals surface area contributed by atoms with Crippen LogP contribution >= 0.6 is 0 Å². The van der Waals surface area contributed by atoms with E-state index in [0.29, 0.717) is 0 Å². The molecule has 0 bridgehead atoms. The molecule has 0 amide bonds. The number of methoxy groups -OCH3 is 1. The van der Waals surface area contributed by atoms with Crippen LogP contribution in [-0.4, -0.2) is 48.8 Å². The van der Waals surface area contributed by atoms with Crippen molar-refractivity contribution in [2.24, 2.45) is 5.41 Å². The number of ether oxygens (including phenoxy) is 2. The summed E-state index contributed by atoms with van der Waals surface area (Å²) in [6, 6.07) is 7.93. The fraction of sp³-hybridized carbons (Fsp3) is 0.500. The van der Waals surface area contributed by atoms with Crippen molar-refractivity contribution in [1.82, 2.24) is 15.5 Å². The van der Waals surface area contributed by atoms with Gasteiger partial charge in [-0.25, -0.2) is 0 Å². The van der Waals surface area contributed by atoms with Crippen LogP contribution in [0, 0.1) is 5.41 Å². The Morgan fingerprint density at radius 3 is 2.88 bits per heavy atom. The number of benzene rings is 1. The van der Waals surface area contributed by atoms with Crippen molar-refractivity contribution in [2.75, 3.05) is 33.5 Å². The van der Waals surface area contributed by atoms with E-state index in [2.05, 4.69) is 15.5 Å². The monoisotopic (exact) mass is 331 g/mol. The summed E-state index contributed by atoms with van der Waals surface area (Å²) >= 11 is 0. The zero-order valence-corrected chi connectivity index (χ0v) is 14.0. The number of aromatic nitrogens is 2. The van der Waals surface area contributed by atoms with Crippen LogP contribution in [0.15, 0.2) is 30.5 Å². The van der Waals surface area contributed by atoms with E-state index in [1.807, 2.05) is 30.5 Å². The molecule has 6 heteroatoms. The lowest BCUT2D eigenvalue weighted by molar-refractivity contribution is 0.124. The molecule has 0 saturated carbocycles. The van der Waals surface area contributed by atoms with Crippen LogP contribution in [0.3, 0.4) is 0 Å². The number of aliphatic hydroxyl groups is 1. The average molecular weight is 331 g/mol. The summed E-state index contributed by atoms with van der Waals surface area (Å²) in [4.78, 5) is 0. The van der Waals surface area contributed by atoms with Crippen LogP contribution in [0.5, 0.6) is 5.75 Å². The number of rotatable bonds is 8. The lowest BCUT2D eigenvalue weighted by atomic mass is 9.84. The second-order valence-electron chi connectivity index (χ2n) is 6.38. The topological polar surface area (TPSA) is 79.4 Å². The molecule has 1 atom stereocenters. The highest BCUT2D eigenvalue weighted by molar-refractivity contribution is 5.63. The van der Waals surface area contributed by atoms with E-state index in [1.54, 1.807) is 7.11 Å². The van der Waals surface area contributed by atoms with Gasteiger partial charge in [0.05, 0.1) is 25.6 Å². The zero-order chi connectivity index (χ0) is 16.8. The molecule has 24 heavy (non-hydrogen) atoms. The Morgan fingerprint density at radius 2 is 2.21 bits per heavy atom. The van der Waals surface area contributed by atoms with Gasteiger partial charge in [0.25, 0.3) is 0 Å². The van der Waals surface area contributed by atoms with Gasteiger partial charge in [-0.3, -0.25) is 5.10 Å². The second kappa shape index (κ2) is 7.79. The lowest BCUT2D eigenvalue weighted by Crippen LogP contribution is -2.35. The maximum atomic E-state index is 9.30. The van der Waals surface area contributed by atoms with Crippen molar-refractivity contribution in [2.45, 2.75) is 19.4 Å². The number of hydrogen-bond donors (Lipinski definition) is 3. The fourth-order valence-corrected chi connectivity index (χ4v) is 3.23. The Balaban J connectivity index is 1.63. The molecule has 1 aliphatic rings. The third kappa shape index (κ3) is 3.77. The standard InChI is InChI=1S/C18H25N3O3/c1-23-16-4-2-14(3-5-16)17-15(11-20-21-17)10-19-12-18(6-8-22)7-9-24-13-18/h2-5,11,19,22H,6-10,12-13H2,1H3,(H,20,21). The molecule has 1 saturated heterocycles. The molecule has 1 fully saturated rings. The molecular formula is C18H25N3O3. The molecule has 1 aromatic carbocycles. The minimum atomic E-state index is 0.0543. The van der Waals surface area contributed by atoms with Crippen molar-refractivity contribution < 1.29 is 14.6 Å². The number of aliphatic hydroxyl groups excluding tert-OH is 1. The molecule has 3 rings (SSSR count). The number of aromatic amines is 1. The molecular weight excluding hydrogens is 306 g/mol. The fourth-order valence-electron chi connectivity index (χ4n) is 3.23. The van der Waals surface area contributed by atoms with Gasteiger partial charge in [-0.15, -0.1) is 0 Å². The van der Waals surface area contributed by atoms with Gasteiger partial charge in [0, 0.05) is 42.8 Å². The van der Waals surface area contributed by atoms with E-state index in [4.69, 9.17) is 9.47 Å². The predicted molar refractivity (Wildman–Crippen MR) is 91.9 cm³/mol. The first-order valence-corrected chi connectivity index (χ1v) is 8.32. The van der Waals surface area contributed by atoms with Crippen molar-refractivity contribution in [3.63, 3.8) is 0 Å². The molecule has 2 heterocycles. The molecule has 0 radical (unpaired) electrons. The first kappa shape index (κ1) is 17.0. The normalized spacial score (nSPS) is 20.4. The van der Waals surface area contributed by atoms with E-state index < -0.39 is 0 Å². The zero-order valence-electron chi connectivity index (χ0n) is 14.0. The third-order valence-corrected chi connectivity index (χ3v) is 4.74. The summed E-state index contributed by atoms with van der Waals surface area (Å²) in [6.45, 7) is 3.27. The molecule has 0 aliphatic carbocycles. The van der Waals surface area contributed by atoms with E-state index in [1.165, 1.54) is 0 Å². The molecule has 2 aromatic rings. The molecule has 130 valence electrons. The van der Waals surface area contributed by atoms with Gasteiger partial charge < -0.3 is 19.9 Å². The van der Waals surface area contributed by atoms with Crippen LogP contribution < -0.4 is 10.1 Å². The quantitative estimate of drug-likeness (QED) is 0.689. The second-order valence-corrected chi connectivity index (χ2v) is 6.38. The molecule has 1 unspecified atom stereocenters. The highest BCUT2D eigenvalue weighted by Gasteiger charge is 2.33. The van der Waals surface area contributed by atoms with Crippen molar-refractivity contribution in [3.05, 3.63) is 36.0 Å². The van der Waals surface area contributed by atoms with Gasteiger partial charge in [-0.1, -0.05) is 0 Å². The van der Waals surface area contributed by atoms with E-state index in [-0.39, 0.29) is 12.0 Å². The lowest BCUT2D eigenvalue weighted by Gasteiger charge is -2.26. The maximum Gasteiger partial charge on any atom is 0.118 e. The average Bonchev–Trinajstić information content (AvgIpc) is 3.25. The summed E-state index contributed by atoms with van der Waals surface area (Å²) in [5.41, 5.74) is 3.28. The van der Waals surface area contributed by atoms with Gasteiger partial charge in [0.2, 0.25) is 0 Å². The van der Waals surface area contributed by atoms with Gasteiger partial charge in [-0.05, 0) is 37.1 Å². The smallest absolute Gasteiger partial charge is 0.118 e. The minimum Gasteiger partial charge on any atom is -0.497 e. The Morgan fingerprint density at radius 1 is 1.38 bits per heavy atom. The van der Waals surface area contributed by atoms with Crippen molar-refractivity contribution in [1.29, 1.82) is 0 Å². The van der Waals surface area contributed by atoms with Gasteiger partial charge >= 0.3 is 0 Å². The summed E-state index contributed by atoms with van der Waals surface area (Å²) in [5.74, 6) is 0.838. The summed E-state index contributed by atoms with van der Waals surface area (Å²) in [5, 5.41) is 20.1. The minimum absolute atomic E-state index is 0.0543. The summed E-state index contributed by atoms with van der Waals surface area (Å²) < 4.78 is 10.7.